The summed E-state index contributed by atoms with van der Waals surface area (Å²) >= 11 is 0. The Labute approximate surface area is 132 Å². The number of nitrogens with one attached hydrogen (secondary N) is 1. The summed E-state index contributed by atoms with van der Waals surface area (Å²) in [7, 11) is 0. The first kappa shape index (κ1) is 24.5. The van der Waals surface area contributed by atoms with E-state index in [-0.39, 0.29) is 24.8 Å². The number of nitrogens with zero attached hydrogens (tertiary/aromatic N) is 1. The highest BCUT2D eigenvalue weighted by Crippen LogP contribution is 2.01. The van der Waals surface area contributed by atoms with E-state index in [1.54, 1.807) is 0 Å². The quantitative estimate of drug-likeness (QED) is 0.348. The molecule has 0 radical (unpaired) electrons. The maximum Gasteiger partial charge on any atom is 0.0151 e. The average Bonchev–Trinajstić information content (AvgIpc) is 2.20. The molecule has 3 nitrogen and oxygen atoms in total. The van der Waals surface area contributed by atoms with E-state index in [0.29, 0.717) is 5.92 Å². The van der Waals surface area contributed by atoms with Gasteiger partial charge in [0.2, 0.25) is 0 Å². The van der Waals surface area contributed by atoms with Gasteiger partial charge in [-0.05, 0) is 37.8 Å². The van der Waals surface area contributed by atoms with Gasteiger partial charge in [0.25, 0.3) is 0 Å². The average molecular weight is 316 g/mol. The molecule has 0 heterocycles. The summed E-state index contributed by atoms with van der Waals surface area (Å²) in [6.45, 7) is 13.3. The molecule has 0 amide bonds. The number of hydrogen-bond donors (Lipinski definition) is 2. The summed E-state index contributed by atoms with van der Waals surface area (Å²) in [6.07, 6.45) is 5.14. The van der Waals surface area contributed by atoms with Gasteiger partial charge in [-0.3, -0.25) is 5.84 Å². The van der Waals surface area contributed by atoms with Crippen molar-refractivity contribution in [2.24, 2.45) is 17.7 Å². The lowest BCUT2D eigenvalue weighted by Crippen LogP contribution is -2.35. The van der Waals surface area contributed by atoms with E-state index in [0.717, 1.165) is 32.1 Å². The van der Waals surface area contributed by atoms with Gasteiger partial charge in [0.1, 0.15) is 0 Å². The number of rotatable bonds is 11. The van der Waals surface area contributed by atoms with Crippen LogP contribution in [0.25, 0.3) is 0 Å². The van der Waals surface area contributed by atoms with Crippen LogP contribution in [-0.4, -0.2) is 31.2 Å². The minimum Gasteiger partial charge on any atom is -0.316 e. The molecule has 0 bridgehead atoms. The summed E-state index contributed by atoms with van der Waals surface area (Å²) in [4.78, 5) is 0. The molecule has 0 aromatic rings. The second-order valence-corrected chi connectivity index (χ2v) is 5.90. The largest absolute Gasteiger partial charge is 0.316 e. The van der Waals surface area contributed by atoms with Crippen LogP contribution in [0, 0.1) is 11.8 Å². The van der Waals surface area contributed by atoms with Crippen LogP contribution >= 0.6 is 24.8 Å². The van der Waals surface area contributed by atoms with Crippen molar-refractivity contribution in [3.05, 3.63) is 0 Å². The number of hydrazine groups is 1. The Kier molecular flexibility index (Phi) is 21.3. The van der Waals surface area contributed by atoms with Crippen LogP contribution in [-0.2, 0) is 0 Å². The van der Waals surface area contributed by atoms with Crippen molar-refractivity contribution in [3.8, 4) is 0 Å². The van der Waals surface area contributed by atoms with Gasteiger partial charge in [-0.25, -0.2) is 5.01 Å². The predicted molar refractivity (Wildman–Crippen MR) is 91.3 cm³/mol. The van der Waals surface area contributed by atoms with E-state index in [9.17, 15) is 0 Å². The zero-order chi connectivity index (χ0) is 13.1. The molecule has 0 saturated heterocycles. The minimum atomic E-state index is 0. The van der Waals surface area contributed by atoms with Crippen molar-refractivity contribution in [2.75, 3.05) is 26.2 Å². The monoisotopic (exact) mass is 315 g/mol. The van der Waals surface area contributed by atoms with E-state index < -0.39 is 0 Å². The molecule has 0 aliphatic carbocycles. The maximum absolute atomic E-state index is 5.89. The first-order valence-corrected chi connectivity index (χ1v) is 7.22. The van der Waals surface area contributed by atoms with Crippen molar-refractivity contribution in [1.29, 1.82) is 0 Å². The number of hydrogen-bond acceptors (Lipinski definition) is 3. The first-order chi connectivity index (χ1) is 8.02. The van der Waals surface area contributed by atoms with Gasteiger partial charge in [0, 0.05) is 13.1 Å². The summed E-state index contributed by atoms with van der Waals surface area (Å²) in [5.74, 6) is 7.32. The molecule has 0 aliphatic rings. The van der Waals surface area contributed by atoms with Gasteiger partial charge in [0.15, 0.2) is 0 Å². The maximum atomic E-state index is 5.89. The van der Waals surface area contributed by atoms with Gasteiger partial charge >= 0.3 is 0 Å². The summed E-state index contributed by atoms with van der Waals surface area (Å²) in [5, 5.41) is 5.44. The number of unbranched alkanes of at least 4 members (excludes halogenated alkanes) is 3. The highest BCUT2D eigenvalue weighted by molar-refractivity contribution is 5.85. The molecule has 0 unspecified atom stereocenters. The molecular formula is C14H35Cl2N3. The second-order valence-electron chi connectivity index (χ2n) is 5.90. The standard InChI is InChI=1S/C14H33N3.2ClH/c1-13(2)11-16-9-7-5-6-8-10-17(15)12-14(3)4;;/h13-14,16H,5-12,15H2,1-4H3;2*1H. The third-order valence-corrected chi connectivity index (χ3v) is 2.70. The van der Waals surface area contributed by atoms with Crippen LogP contribution in [0.2, 0.25) is 0 Å². The molecule has 0 aromatic heterocycles. The molecule has 19 heavy (non-hydrogen) atoms. The van der Waals surface area contributed by atoms with Crippen molar-refractivity contribution in [1.82, 2.24) is 10.3 Å². The molecule has 3 N–H and O–H groups in total. The zero-order valence-corrected chi connectivity index (χ0v) is 14.8. The van der Waals surface area contributed by atoms with Crippen LogP contribution in [0.5, 0.6) is 0 Å². The van der Waals surface area contributed by atoms with Gasteiger partial charge < -0.3 is 5.32 Å². The molecule has 0 atom stereocenters. The van der Waals surface area contributed by atoms with E-state index in [1.807, 2.05) is 5.01 Å². The van der Waals surface area contributed by atoms with Crippen LogP contribution in [0.4, 0.5) is 0 Å². The Morgan fingerprint density at radius 1 is 0.895 bits per heavy atom. The third-order valence-electron chi connectivity index (χ3n) is 2.70. The van der Waals surface area contributed by atoms with Crippen molar-refractivity contribution in [2.45, 2.75) is 53.4 Å². The lowest BCUT2D eigenvalue weighted by molar-refractivity contribution is 0.245. The van der Waals surface area contributed by atoms with Crippen molar-refractivity contribution in [3.63, 3.8) is 0 Å². The van der Waals surface area contributed by atoms with Gasteiger partial charge in [-0.15, -0.1) is 24.8 Å². The Hall–Kier alpha value is 0.460. The van der Waals surface area contributed by atoms with E-state index >= 15 is 0 Å². The van der Waals surface area contributed by atoms with Crippen LogP contribution < -0.4 is 11.2 Å². The van der Waals surface area contributed by atoms with Crippen molar-refractivity contribution >= 4 is 24.8 Å². The molecule has 0 fully saturated rings. The van der Waals surface area contributed by atoms with Crippen LogP contribution in [0.3, 0.4) is 0 Å². The summed E-state index contributed by atoms with van der Waals surface area (Å²) < 4.78 is 0. The normalized spacial score (nSPS) is 10.7. The lowest BCUT2D eigenvalue weighted by Gasteiger charge is -2.18. The summed E-state index contributed by atoms with van der Waals surface area (Å²) in [5.41, 5.74) is 0. The lowest BCUT2D eigenvalue weighted by atomic mass is 10.1. The van der Waals surface area contributed by atoms with Gasteiger partial charge in [0.05, 0.1) is 0 Å². The van der Waals surface area contributed by atoms with Crippen LogP contribution in [0.15, 0.2) is 0 Å². The molecule has 0 rings (SSSR count). The predicted octanol–water partition coefficient (Wildman–Crippen LogP) is 3.47. The highest BCUT2D eigenvalue weighted by atomic mass is 35.5. The molecule has 120 valence electrons. The topological polar surface area (TPSA) is 41.3 Å². The third kappa shape index (κ3) is 20.9. The number of halogens is 2. The van der Waals surface area contributed by atoms with E-state index in [2.05, 4.69) is 33.0 Å². The fourth-order valence-electron chi connectivity index (χ4n) is 1.87. The van der Waals surface area contributed by atoms with E-state index in [4.69, 9.17) is 5.84 Å². The zero-order valence-electron chi connectivity index (χ0n) is 13.2. The fourth-order valence-corrected chi connectivity index (χ4v) is 1.87. The molecule has 0 spiro atoms. The molecule has 0 saturated carbocycles. The number of nitrogens with two attached hydrogens (primary N) is 1. The van der Waals surface area contributed by atoms with Crippen LogP contribution in [0.1, 0.15) is 53.4 Å². The Bertz CT molecular complexity index is 167. The molecule has 0 aromatic carbocycles. The Morgan fingerprint density at radius 3 is 2.00 bits per heavy atom. The first-order valence-electron chi connectivity index (χ1n) is 7.22. The fraction of sp³-hybridized carbons (Fsp3) is 1.00. The smallest absolute Gasteiger partial charge is 0.0151 e. The van der Waals surface area contributed by atoms with Gasteiger partial charge in [-0.1, -0.05) is 40.5 Å². The minimum absolute atomic E-state index is 0. The SMILES string of the molecule is CC(C)CNCCCCCCN(N)CC(C)C.Cl.Cl. The Balaban J connectivity index is -0.00000128. The van der Waals surface area contributed by atoms with E-state index in [1.165, 1.54) is 25.7 Å². The van der Waals surface area contributed by atoms with Gasteiger partial charge in [-0.2, -0.15) is 0 Å². The van der Waals surface area contributed by atoms with Crippen molar-refractivity contribution < 1.29 is 0 Å². The second kappa shape index (κ2) is 16.5. The highest BCUT2D eigenvalue weighted by Gasteiger charge is 2.01. The molecule has 0 aliphatic heterocycles. The Morgan fingerprint density at radius 2 is 1.47 bits per heavy atom. The molecular weight excluding hydrogens is 281 g/mol. The summed E-state index contributed by atoms with van der Waals surface area (Å²) in [6, 6.07) is 0. The molecule has 5 heteroatoms.